The third-order valence-electron chi connectivity index (χ3n) is 4.23. The van der Waals surface area contributed by atoms with Gasteiger partial charge in [-0.2, -0.15) is 5.10 Å². The fourth-order valence-corrected chi connectivity index (χ4v) is 3.72. The van der Waals surface area contributed by atoms with E-state index in [0.29, 0.717) is 9.92 Å². The minimum absolute atomic E-state index is 0.297. The summed E-state index contributed by atoms with van der Waals surface area (Å²) in [5.41, 5.74) is 4.57. The lowest BCUT2D eigenvalue weighted by Crippen LogP contribution is -1.96. The Kier molecular flexibility index (Phi) is 4.05. The number of fused-ring (bicyclic) bond motifs is 1. The van der Waals surface area contributed by atoms with E-state index in [1.165, 1.54) is 6.26 Å². The summed E-state index contributed by atoms with van der Waals surface area (Å²) in [6.07, 6.45) is 3.10. The van der Waals surface area contributed by atoms with Crippen LogP contribution in [0.15, 0.2) is 77.8 Å². The van der Waals surface area contributed by atoms with Gasteiger partial charge < -0.3 is 0 Å². The molecule has 0 saturated carbocycles. The lowest BCUT2D eigenvalue weighted by Gasteiger charge is -2.06. The first-order chi connectivity index (χ1) is 12.4. The summed E-state index contributed by atoms with van der Waals surface area (Å²) in [7, 11) is -3.23. The highest BCUT2D eigenvalue weighted by molar-refractivity contribution is 7.90. The normalized spacial score (nSPS) is 11.8. The number of pyridine rings is 1. The molecule has 0 aliphatic carbocycles. The molecular formula is C20H15ClN2O2S. The minimum atomic E-state index is -3.23. The van der Waals surface area contributed by atoms with Gasteiger partial charge >= 0.3 is 0 Å². The Bertz CT molecular complexity index is 1200. The summed E-state index contributed by atoms with van der Waals surface area (Å²) in [5, 5.41) is 5.38. The Morgan fingerprint density at radius 3 is 2.19 bits per heavy atom. The maximum Gasteiger partial charge on any atom is 0.175 e. The van der Waals surface area contributed by atoms with Crippen LogP contribution < -0.4 is 0 Å². The zero-order valence-electron chi connectivity index (χ0n) is 13.9. The van der Waals surface area contributed by atoms with E-state index in [-0.39, 0.29) is 0 Å². The first-order valence-corrected chi connectivity index (χ1v) is 10.2. The van der Waals surface area contributed by atoms with E-state index in [9.17, 15) is 8.42 Å². The third-order valence-corrected chi connectivity index (χ3v) is 5.61. The van der Waals surface area contributed by atoms with Crippen molar-refractivity contribution in [1.82, 2.24) is 9.61 Å². The quantitative estimate of drug-likeness (QED) is 0.515. The molecule has 4 aromatic rings. The fourth-order valence-electron chi connectivity index (χ4n) is 2.96. The van der Waals surface area contributed by atoms with Crippen LogP contribution in [0.5, 0.6) is 0 Å². The van der Waals surface area contributed by atoms with Gasteiger partial charge in [-0.3, -0.25) is 0 Å². The topological polar surface area (TPSA) is 51.4 Å². The molecule has 0 aliphatic heterocycles. The van der Waals surface area contributed by atoms with Crippen molar-refractivity contribution >= 4 is 27.0 Å². The molecule has 0 amide bonds. The number of hydrogen-bond acceptors (Lipinski definition) is 3. The molecule has 4 nitrogen and oxygen atoms in total. The molecule has 26 heavy (non-hydrogen) atoms. The summed E-state index contributed by atoms with van der Waals surface area (Å²) < 4.78 is 25.3. The van der Waals surface area contributed by atoms with Crippen molar-refractivity contribution in [1.29, 1.82) is 0 Å². The van der Waals surface area contributed by atoms with E-state index in [1.807, 2.05) is 65.3 Å². The predicted molar refractivity (Wildman–Crippen MR) is 104 cm³/mol. The molecule has 130 valence electrons. The molecule has 0 fully saturated rings. The van der Waals surface area contributed by atoms with E-state index in [2.05, 4.69) is 0 Å². The number of nitrogens with zero attached hydrogens (tertiary/aromatic N) is 2. The number of benzene rings is 2. The van der Waals surface area contributed by atoms with Crippen LogP contribution in [0.4, 0.5) is 0 Å². The van der Waals surface area contributed by atoms with Crippen LogP contribution in [0.25, 0.3) is 27.9 Å². The second kappa shape index (κ2) is 6.27. The summed E-state index contributed by atoms with van der Waals surface area (Å²) in [4.78, 5) is 0.297. The highest BCUT2D eigenvalue weighted by Crippen LogP contribution is 2.35. The number of rotatable bonds is 3. The third kappa shape index (κ3) is 3.00. The molecule has 0 radical (unpaired) electrons. The highest BCUT2D eigenvalue weighted by atomic mass is 35.5. The molecule has 0 atom stereocenters. The highest BCUT2D eigenvalue weighted by Gasteiger charge is 2.17. The van der Waals surface area contributed by atoms with Crippen LogP contribution in [0.1, 0.15) is 0 Å². The lowest BCUT2D eigenvalue weighted by atomic mass is 10.00. The zero-order valence-corrected chi connectivity index (χ0v) is 15.5. The van der Waals surface area contributed by atoms with Gasteiger partial charge in [-0.25, -0.2) is 12.9 Å². The maximum atomic E-state index is 11.7. The molecule has 0 aliphatic rings. The smallest absolute Gasteiger partial charge is 0.175 e. The van der Waals surface area contributed by atoms with Gasteiger partial charge in [0.25, 0.3) is 0 Å². The first-order valence-electron chi connectivity index (χ1n) is 7.97. The molecule has 4 rings (SSSR count). The molecule has 6 heteroatoms. The largest absolute Gasteiger partial charge is 0.240 e. The molecule has 0 unspecified atom stereocenters. The van der Waals surface area contributed by atoms with Crippen molar-refractivity contribution in [3.05, 3.63) is 77.9 Å². The van der Waals surface area contributed by atoms with Gasteiger partial charge in [0, 0.05) is 28.6 Å². The lowest BCUT2D eigenvalue weighted by molar-refractivity contribution is 0.602. The van der Waals surface area contributed by atoms with Crippen molar-refractivity contribution < 1.29 is 8.42 Å². The van der Waals surface area contributed by atoms with E-state index in [0.717, 1.165) is 27.9 Å². The van der Waals surface area contributed by atoms with E-state index in [4.69, 9.17) is 16.7 Å². The Morgan fingerprint density at radius 2 is 1.54 bits per heavy atom. The Morgan fingerprint density at radius 1 is 0.885 bits per heavy atom. The number of sulfone groups is 1. The molecule has 0 bridgehead atoms. The number of halogens is 1. The molecule has 0 saturated heterocycles. The second-order valence-corrected chi connectivity index (χ2v) is 8.51. The summed E-state index contributed by atoms with van der Waals surface area (Å²) in [6, 6.07) is 20.3. The van der Waals surface area contributed by atoms with Crippen LogP contribution in [-0.4, -0.2) is 24.3 Å². The predicted octanol–water partition coefficient (Wildman–Crippen LogP) is 4.73. The van der Waals surface area contributed by atoms with Gasteiger partial charge in [-0.05, 0) is 42.0 Å². The fraction of sp³-hybridized carbons (Fsp3) is 0.0500. The first kappa shape index (κ1) is 16.8. The van der Waals surface area contributed by atoms with Crippen LogP contribution in [0.3, 0.4) is 0 Å². The van der Waals surface area contributed by atoms with Crippen molar-refractivity contribution in [3.8, 4) is 22.4 Å². The Labute approximate surface area is 156 Å². The van der Waals surface area contributed by atoms with Crippen LogP contribution in [0.2, 0.25) is 5.02 Å². The molecule has 2 aromatic heterocycles. The van der Waals surface area contributed by atoms with Crippen LogP contribution in [-0.2, 0) is 9.84 Å². The Hall–Kier alpha value is -2.63. The number of hydrogen-bond donors (Lipinski definition) is 0. The molecule has 0 N–H and O–H groups in total. The minimum Gasteiger partial charge on any atom is -0.240 e. The SMILES string of the molecule is CS(=O)(=O)c1ccc(-c2c(-c3ccc(Cl)cc3)nn3ccccc23)cc1. The van der Waals surface area contributed by atoms with Crippen molar-refractivity contribution in [2.75, 3.05) is 6.26 Å². The van der Waals surface area contributed by atoms with E-state index < -0.39 is 9.84 Å². The Balaban J connectivity index is 1.96. The zero-order chi connectivity index (χ0) is 18.3. The molecule has 2 aromatic carbocycles. The van der Waals surface area contributed by atoms with Crippen molar-refractivity contribution in [2.45, 2.75) is 4.90 Å². The van der Waals surface area contributed by atoms with E-state index >= 15 is 0 Å². The average Bonchev–Trinajstić information content (AvgIpc) is 3.01. The van der Waals surface area contributed by atoms with Crippen LogP contribution in [0, 0.1) is 0 Å². The van der Waals surface area contributed by atoms with Gasteiger partial charge in [0.1, 0.15) is 5.69 Å². The van der Waals surface area contributed by atoms with Gasteiger partial charge in [-0.1, -0.05) is 41.9 Å². The van der Waals surface area contributed by atoms with Gasteiger partial charge in [0.15, 0.2) is 9.84 Å². The number of aromatic nitrogens is 2. The molecule has 0 spiro atoms. The second-order valence-electron chi connectivity index (χ2n) is 6.06. The molecular weight excluding hydrogens is 368 g/mol. The summed E-state index contributed by atoms with van der Waals surface area (Å²) >= 11 is 6.01. The maximum absolute atomic E-state index is 11.7. The van der Waals surface area contributed by atoms with E-state index in [1.54, 1.807) is 12.1 Å². The van der Waals surface area contributed by atoms with Gasteiger partial charge in [0.05, 0.1) is 10.4 Å². The summed E-state index contributed by atoms with van der Waals surface area (Å²) in [5.74, 6) is 0. The van der Waals surface area contributed by atoms with Gasteiger partial charge in [-0.15, -0.1) is 0 Å². The van der Waals surface area contributed by atoms with Crippen molar-refractivity contribution in [3.63, 3.8) is 0 Å². The molecule has 2 heterocycles. The summed E-state index contributed by atoms with van der Waals surface area (Å²) in [6.45, 7) is 0. The van der Waals surface area contributed by atoms with Crippen molar-refractivity contribution in [2.24, 2.45) is 0 Å². The van der Waals surface area contributed by atoms with Gasteiger partial charge in [0.2, 0.25) is 0 Å². The standard InChI is InChI=1S/C20H15ClN2O2S/c1-26(24,25)17-11-7-14(8-12-17)19-18-4-2-3-13-23(18)22-20(19)15-5-9-16(21)10-6-15/h2-13H,1H3. The average molecular weight is 383 g/mol. The van der Waals surface area contributed by atoms with Crippen LogP contribution >= 0.6 is 11.6 Å². The monoisotopic (exact) mass is 382 g/mol.